The summed E-state index contributed by atoms with van der Waals surface area (Å²) in [4.78, 5) is 11.5. The maximum Gasteiger partial charge on any atom is 0.241 e. The summed E-state index contributed by atoms with van der Waals surface area (Å²) in [5, 5.41) is 12.9. The van der Waals surface area contributed by atoms with Crippen molar-refractivity contribution in [1.29, 1.82) is 0 Å². The third-order valence-electron chi connectivity index (χ3n) is 6.54. The van der Waals surface area contributed by atoms with Crippen LogP contribution in [0, 0.1) is 0 Å². The van der Waals surface area contributed by atoms with E-state index in [1.54, 1.807) is 10.7 Å². The molecule has 1 aliphatic carbocycles. The quantitative estimate of drug-likeness (QED) is 0.545. The lowest BCUT2D eigenvalue weighted by Gasteiger charge is -2.38. The van der Waals surface area contributed by atoms with Crippen molar-refractivity contribution in [2.45, 2.75) is 37.8 Å². The van der Waals surface area contributed by atoms with Crippen molar-refractivity contribution in [3.63, 3.8) is 0 Å². The van der Waals surface area contributed by atoms with Gasteiger partial charge in [-0.25, -0.2) is 19.0 Å². The molecule has 160 valence electrons. The van der Waals surface area contributed by atoms with E-state index in [4.69, 9.17) is 9.84 Å². The maximum absolute atomic E-state index is 5.49. The summed E-state index contributed by atoms with van der Waals surface area (Å²) in [6.07, 6.45) is 12.2. The number of rotatable bonds is 4. The fraction of sp³-hybridized carbons (Fsp3) is 0.455. The van der Waals surface area contributed by atoms with E-state index in [0.717, 1.165) is 61.6 Å². The summed E-state index contributed by atoms with van der Waals surface area (Å²) in [5.74, 6) is 0.683. The number of morpholine rings is 1. The molecule has 5 heterocycles. The van der Waals surface area contributed by atoms with Crippen LogP contribution in [0.15, 0.2) is 43.0 Å². The van der Waals surface area contributed by atoms with E-state index >= 15 is 0 Å². The summed E-state index contributed by atoms with van der Waals surface area (Å²) in [7, 11) is 0. The number of ether oxygens (including phenoxy) is 1. The van der Waals surface area contributed by atoms with Crippen LogP contribution >= 0.6 is 0 Å². The molecule has 0 aromatic carbocycles. The largest absolute Gasteiger partial charge is 0.379 e. The Balaban J connectivity index is 1.15. The first-order valence-electron chi connectivity index (χ1n) is 11.1. The fourth-order valence-corrected chi connectivity index (χ4v) is 4.85. The standard InChI is InChI=1S/C22H26N8O/c1-3-17(28-11-13-31-14-12-28)4-2-16(1)25-22-24-15-20-18(7-9-29(20)27-22)19-5-6-21-23-8-10-30(21)26-19/h5-10,15-17H,1-4,11-14H2,(H,25,27). The van der Waals surface area contributed by atoms with Crippen LogP contribution in [-0.2, 0) is 4.74 Å². The number of hydrogen-bond acceptors (Lipinski definition) is 7. The van der Waals surface area contributed by atoms with Gasteiger partial charge in [0, 0.05) is 49.3 Å². The first kappa shape index (κ1) is 18.7. The highest BCUT2D eigenvalue weighted by molar-refractivity contribution is 5.78. The lowest BCUT2D eigenvalue weighted by atomic mass is 9.90. The van der Waals surface area contributed by atoms with Gasteiger partial charge in [-0.1, -0.05) is 0 Å². The van der Waals surface area contributed by atoms with Gasteiger partial charge in [-0.2, -0.15) is 5.10 Å². The number of fused-ring (bicyclic) bond motifs is 2. The van der Waals surface area contributed by atoms with Crippen molar-refractivity contribution in [2.24, 2.45) is 0 Å². The molecule has 9 heteroatoms. The molecule has 0 radical (unpaired) electrons. The number of aromatic nitrogens is 6. The molecular weight excluding hydrogens is 392 g/mol. The summed E-state index contributed by atoms with van der Waals surface area (Å²) < 4.78 is 9.15. The zero-order chi connectivity index (χ0) is 20.6. The van der Waals surface area contributed by atoms with Gasteiger partial charge in [-0.05, 0) is 43.9 Å². The predicted octanol–water partition coefficient (Wildman–Crippen LogP) is 2.49. The van der Waals surface area contributed by atoms with Crippen molar-refractivity contribution in [3.05, 3.63) is 43.0 Å². The van der Waals surface area contributed by atoms with Gasteiger partial charge >= 0.3 is 0 Å². The van der Waals surface area contributed by atoms with Gasteiger partial charge < -0.3 is 10.1 Å². The molecule has 9 nitrogen and oxygen atoms in total. The molecular formula is C22H26N8O. The average Bonchev–Trinajstić information content (AvgIpc) is 3.46. The molecule has 0 unspecified atom stereocenters. The zero-order valence-electron chi connectivity index (χ0n) is 17.4. The third kappa shape index (κ3) is 3.64. The molecule has 0 atom stereocenters. The maximum atomic E-state index is 5.49. The van der Waals surface area contributed by atoms with Crippen LogP contribution in [0.25, 0.3) is 22.4 Å². The molecule has 2 fully saturated rings. The second-order valence-electron chi connectivity index (χ2n) is 8.39. The van der Waals surface area contributed by atoms with E-state index in [1.165, 1.54) is 12.8 Å². The Kier molecular flexibility index (Phi) is 4.77. The Labute approximate surface area is 180 Å². The van der Waals surface area contributed by atoms with Crippen LogP contribution in [0.1, 0.15) is 25.7 Å². The van der Waals surface area contributed by atoms with E-state index in [2.05, 4.69) is 25.3 Å². The number of anilines is 1. The highest BCUT2D eigenvalue weighted by Crippen LogP contribution is 2.27. The molecule has 0 spiro atoms. The number of nitrogens with one attached hydrogen (secondary N) is 1. The molecule has 1 aliphatic heterocycles. The molecule has 1 N–H and O–H groups in total. The predicted molar refractivity (Wildman–Crippen MR) is 117 cm³/mol. The minimum absolute atomic E-state index is 0.426. The highest BCUT2D eigenvalue weighted by Gasteiger charge is 2.27. The Morgan fingerprint density at radius 3 is 2.65 bits per heavy atom. The van der Waals surface area contributed by atoms with E-state index in [1.807, 2.05) is 41.3 Å². The first-order chi connectivity index (χ1) is 15.3. The van der Waals surface area contributed by atoms with Gasteiger partial charge in [0.05, 0.1) is 30.6 Å². The Morgan fingerprint density at radius 2 is 1.77 bits per heavy atom. The monoisotopic (exact) mass is 418 g/mol. The molecule has 1 saturated heterocycles. The minimum atomic E-state index is 0.426. The number of nitrogens with zero attached hydrogens (tertiary/aromatic N) is 7. The van der Waals surface area contributed by atoms with Crippen molar-refractivity contribution < 1.29 is 4.74 Å². The average molecular weight is 419 g/mol. The number of imidazole rings is 1. The molecule has 1 saturated carbocycles. The van der Waals surface area contributed by atoms with E-state index in [9.17, 15) is 0 Å². The van der Waals surface area contributed by atoms with Crippen LogP contribution < -0.4 is 5.32 Å². The second-order valence-corrected chi connectivity index (χ2v) is 8.39. The molecule has 4 aromatic rings. The van der Waals surface area contributed by atoms with Gasteiger partial charge in [0.1, 0.15) is 0 Å². The van der Waals surface area contributed by atoms with Crippen molar-refractivity contribution in [3.8, 4) is 11.3 Å². The van der Waals surface area contributed by atoms with Crippen molar-refractivity contribution in [1.82, 2.24) is 34.1 Å². The van der Waals surface area contributed by atoms with E-state index < -0.39 is 0 Å². The summed E-state index contributed by atoms with van der Waals surface area (Å²) in [5.41, 5.74) is 3.65. The van der Waals surface area contributed by atoms with Gasteiger partial charge in [0.25, 0.3) is 0 Å². The highest BCUT2D eigenvalue weighted by atomic mass is 16.5. The summed E-state index contributed by atoms with van der Waals surface area (Å²) in [6, 6.07) is 7.10. The Bertz CT molecular complexity index is 1190. The van der Waals surface area contributed by atoms with Crippen molar-refractivity contribution in [2.75, 3.05) is 31.6 Å². The fourth-order valence-electron chi connectivity index (χ4n) is 4.85. The topological polar surface area (TPSA) is 84.9 Å². The SMILES string of the molecule is c1cn2nc(-c3ccn4nc(NC5CCC(N6CCOCC6)CC5)ncc34)ccc2n1. The van der Waals surface area contributed by atoms with Gasteiger partial charge in [-0.3, -0.25) is 4.90 Å². The summed E-state index contributed by atoms with van der Waals surface area (Å²) >= 11 is 0. The van der Waals surface area contributed by atoms with Crippen LogP contribution in [-0.4, -0.2) is 72.5 Å². The smallest absolute Gasteiger partial charge is 0.241 e. The van der Waals surface area contributed by atoms with Crippen LogP contribution in [0.4, 0.5) is 5.95 Å². The normalized spacial score (nSPS) is 22.8. The van der Waals surface area contributed by atoms with Gasteiger partial charge in [0.15, 0.2) is 5.65 Å². The molecule has 4 aromatic heterocycles. The van der Waals surface area contributed by atoms with Crippen molar-refractivity contribution >= 4 is 17.1 Å². The first-order valence-corrected chi connectivity index (χ1v) is 11.1. The van der Waals surface area contributed by atoms with Crippen LogP contribution in [0.3, 0.4) is 0 Å². The molecule has 0 amide bonds. The molecule has 6 rings (SSSR count). The molecule has 0 bridgehead atoms. The van der Waals surface area contributed by atoms with Gasteiger partial charge in [-0.15, -0.1) is 5.10 Å². The Morgan fingerprint density at radius 1 is 0.903 bits per heavy atom. The lowest BCUT2D eigenvalue weighted by molar-refractivity contribution is 0.00790. The van der Waals surface area contributed by atoms with E-state index in [-0.39, 0.29) is 0 Å². The summed E-state index contributed by atoms with van der Waals surface area (Å²) in [6.45, 7) is 3.88. The zero-order valence-corrected chi connectivity index (χ0v) is 17.4. The van der Waals surface area contributed by atoms with E-state index in [0.29, 0.717) is 18.0 Å². The third-order valence-corrected chi connectivity index (χ3v) is 6.54. The second kappa shape index (κ2) is 7.90. The number of hydrogen-bond donors (Lipinski definition) is 1. The molecule has 31 heavy (non-hydrogen) atoms. The lowest BCUT2D eigenvalue weighted by Crippen LogP contribution is -2.46. The Hall–Kier alpha value is -3.04. The van der Waals surface area contributed by atoms with Crippen LogP contribution in [0.5, 0.6) is 0 Å². The minimum Gasteiger partial charge on any atom is -0.379 e. The molecule has 2 aliphatic rings. The van der Waals surface area contributed by atoms with Gasteiger partial charge in [0.2, 0.25) is 5.95 Å². The van der Waals surface area contributed by atoms with Crippen LogP contribution in [0.2, 0.25) is 0 Å².